The third-order valence-corrected chi connectivity index (χ3v) is 5.77. The first-order valence-electron chi connectivity index (χ1n) is 9.75. The van der Waals surface area contributed by atoms with E-state index in [0.717, 1.165) is 38.9 Å². The summed E-state index contributed by atoms with van der Waals surface area (Å²) in [6.07, 6.45) is 3.05. The van der Waals surface area contributed by atoms with Gasteiger partial charge in [0, 0.05) is 21.7 Å². The van der Waals surface area contributed by atoms with Crippen molar-refractivity contribution in [3.63, 3.8) is 0 Å². The van der Waals surface area contributed by atoms with E-state index < -0.39 is 0 Å². The SMILES string of the molecule is CC(=O)N[C@H]1CC2(CCN(CC(=O)NCC(C)C)CC2)c2ccccc21.[HH].[HH]. The van der Waals surface area contributed by atoms with Crippen molar-refractivity contribution in [2.45, 2.75) is 51.5 Å². The highest BCUT2D eigenvalue weighted by atomic mass is 16.2. The number of hydrogen-bond acceptors (Lipinski definition) is 3. The molecule has 2 amide bonds. The fourth-order valence-electron chi connectivity index (χ4n) is 4.46. The number of piperidine rings is 1. The topological polar surface area (TPSA) is 61.4 Å². The lowest BCUT2D eigenvalue weighted by Crippen LogP contribution is -2.46. The van der Waals surface area contributed by atoms with Crippen molar-refractivity contribution in [2.24, 2.45) is 5.92 Å². The first-order chi connectivity index (χ1) is 12.4. The summed E-state index contributed by atoms with van der Waals surface area (Å²) in [4.78, 5) is 26.0. The zero-order chi connectivity index (χ0) is 18.7. The quantitative estimate of drug-likeness (QED) is 0.848. The minimum Gasteiger partial charge on any atom is -0.355 e. The summed E-state index contributed by atoms with van der Waals surface area (Å²) in [5.41, 5.74) is 2.79. The molecule has 26 heavy (non-hydrogen) atoms. The van der Waals surface area contributed by atoms with Crippen LogP contribution in [0.5, 0.6) is 0 Å². The predicted octanol–water partition coefficient (Wildman–Crippen LogP) is 2.87. The van der Waals surface area contributed by atoms with Crippen molar-refractivity contribution in [1.82, 2.24) is 15.5 Å². The van der Waals surface area contributed by atoms with Gasteiger partial charge in [-0.1, -0.05) is 38.1 Å². The van der Waals surface area contributed by atoms with Crippen LogP contribution in [0.4, 0.5) is 0 Å². The van der Waals surface area contributed by atoms with Crippen molar-refractivity contribution in [3.8, 4) is 0 Å². The number of carbonyl (C=O) groups excluding carboxylic acids is 2. The van der Waals surface area contributed by atoms with Crippen LogP contribution in [0.3, 0.4) is 0 Å². The second kappa shape index (κ2) is 7.78. The lowest BCUT2D eigenvalue weighted by atomic mass is 9.73. The Morgan fingerprint density at radius 3 is 2.62 bits per heavy atom. The Morgan fingerprint density at radius 2 is 1.96 bits per heavy atom. The third kappa shape index (κ3) is 4.09. The zero-order valence-corrected chi connectivity index (χ0v) is 16.2. The molecule has 5 nitrogen and oxygen atoms in total. The molecule has 1 fully saturated rings. The van der Waals surface area contributed by atoms with Crippen LogP contribution in [0.15, 0.2) is 24.3 Å². The minimum absolute atomic E-state index is 0. The molecule has 1 saturated heterocycles. The highest BCUT2D eigenvalue weighted by Gasteiger charge is 2.45. The number of hydrogen-bond donors (Lipinski definition) is 2. The lowest BCUT2D eigenvalue weighted by Gasteiger charge is -2.40. The van der Waals surface area contributed by atoms with Gasteiger partial charge in [-0.25, -0.2) is 0 Å². The number of rotatable bonds is 5. The molecule has 1 heterocycles. The summed E-state index contributed by atoms with van der Waals surface area (Å²) in [7, 11) is 0. The van der Waals surface area contributed by atoms with Crippen molar-refractivity contribution in [3.05, 3.63) is 35.4 Å². The number of likely N-dealkylation sites (tertiary alicyclic amines) is 1. The molecule has 5 heteroatoms. The second-order valence-corrected chi connectivity index (χ2v) is 8.30. The minimum atomic E-state index is 0. The zero-order valence-electron chi connectivity index (χ0n) is 16.2. The normalized spacial score (nSPS) is 21.6. The molecule has 146 valence electrons. The van der Waals surface area contributed by atoms with Crippen LogP contribution in [-0.2, 0) is 15.0 Å². The van der Waals surface area contributed by atoms with Gasteiger partial charge in [-0.2, -0.15) is 0 Å². The Kier molecular flexibility index (Phi) is 5.66. The molecule has 0 bridgehead atoms. The van der Waals surface area contributed by atoms with Crippen molar-refractivity contribution in [2.75, 3.05) is 26.2 Å². The standard InChI is InChI=1S/C21H31N3O2.2H2/c1-15(2)13-22-20(26)14-24-10-8-21(9-11-24)12-19(23-16(3)25)17-6-4-5-7-18(17)21;;/h4-7,15,19H,8-14H2,1-3H3,(H,22,26)(H,23,25);2*1H/t19-;;/m0../s1. The third-order valence-electron chi connectivity index (χ3n) is 5.77. The Bertz CT molecular complexity index is 673. The van der Waals surface area contributed by atoms with Crippen LogP contribution in [-0.4, -0.2) is 42.9 Å². The largest absolute Gasteiger partial charge is 0.355 e. The summed E-state index contributed by atoms with van der Waals surface area (Å²) >= 11 is 0. The molecule has 1 aromatic carbocycles. The maximum atomic E-state index is 12.1. The summed E-state index contributed by atoms with van der Waals surface area (Å²) in [5.74, 6) is 0.628. The van der Waals surface area contributed by atoms with Crippen molar-refractivity contribution >= 4 is 11.8 Å². The van der Waals surface area contributed by atoms with E-state index in [0.29, 0.717) is 12.5 Å². The number of fused-ring (bicyclic) bond motifs is 2. The van der Waals surface area contributed by atoms with Crippen molar-refractivity contribution < 1.29 is 12.4 Å². The van der Waals surface area contributed by atoms with Crippen LogP contribution in [0.25, 0.3) is 0 Å². The molecule has 3 rings (SSSR count). The smallest absolute Gasteiger partial charge is 0.234 e. The summed E-state index contributed by atoms with van der Waals surface area (Å²) < 4.78 is 0. The molecule has 0 saturated carbocycles. The number of nitrogens with one attached hydrogen (secondary N) is 2. The van der Waals surface area contributed by atoms with Crippen molar-refractivity contribution in [1.29, 1.82) is 0 Å². The van der Waals surface area contributed by atoms with Crippen LogP contribution in [0.1, 0.15) is 60.1 Å². The lowest BCUT2D eigenvalue weighted by molar-refractivity contribution is -0.123. The van der Waals surface area contributed by atoms with E-state index in [4.69, 9.17) is 0 Å². The first kappa shape index (κ1) is 18.9. The predicted molar refractivity (Wildman–Crippen MR) is 107 cm³/mol. The molecule has 1 spiro atoms. The van der Waals surface area contributed by atoms with Crippen LogP contribution < -0.4 is 10.6 Å². The van der Waals surface area contributed by atoms with Gasteiger partial charge in [0.15, 0.2) is 0 Å². The molecular formula is C21H35N3O2. The molecular weight excluding hydrogens is 326 g/mol. The van der Waals surface area contributed by atoms with Gasteiger partial charge < -0.3 is 10.6 Å². The maximum absolute atomic E-state index is 12.1. The molecule has 0 unspecified atom stereocenters. The molecule has 2 aliphatic rings. The Balaban J connectivity index is 0.00000196. The molecule has 0 radical (unpaired) electrons. The molecule has 1 aromatic rings. The Labute approximate surface area is 159 Å². The molecule has 0 aromatic heterocycles. The van der Waals surface area contributed by atoms with Gasteiger partial charge in [0.2, 0.25) is 11.8 Å². The summed E-state index contributed by atoms with van der Waals surface area (Å²) in [6, 6.07) is 8.65. The molecule has 1 aliphatic carbocycles. The van der Waals surface area contributed by atoms with Gasteiger partial charge in [0.05, 0.1) is 12.6 Å². The van der Waals surface area contributed by atoms with E-state index in [1.54, 1.807) is 6.92 Å². The Morgan fingerprint density at radius 1 is 1.27 bits per heavy atom. The average Bonchev–Trinajstić information content (AvgIpc) is 2.89. The van der Waals surface area contributed by atoms with E-state index >= 15 is 0 Å². The van der Waals surface area contributed by atoms with Crippen LogP contribution in [0.2, 0.25) is 0 Å². The second-order valence-electron chi connectivity index (χ2n) is 8.30. The number of benzene rings is 1. The van der Waals surface area contributed by atoms with E-state index in [-0.39, 0.29) is 26.1 Å². The molecule has 1 atom stereocenters. The number of nitrogens with zero attached hydrogens (tertiary/aromatic N) is 1. The van der Waals surface area contributed by atoms with Gasteiger partial charge in [0.1, 0.15) is 0 Å². The van der Waals surface area contributed by atoms with E-state index in [1.807, 2.05) is 0 Å². The fourth-order valence-corrected chi connectivity index (χ4v) is 4.46. The molecule has 2 N–H and O–H groups in total. The van der Waals surface area contributed by atoms with Gasteiger partial charge in [-0.15, -0.1) is 0 Å². The highest BCUT2D eigenvalue weighted by molar-refractivity contribution is 5.78. The summed E-state index contributed by atoms with van der Waals surface area (Å²) in [5, 5.41) is 6.13. The maximum Gasteiger partial charge on any atom is 0.234 e. The number of amides is 2. The van der Waals surface area contributed by atoms with Gasteiger partial charge in [-0.3, -0.25) is 14.5 Å². The number of carbonyl (C=O) groups is 2. The highest BCUT2D eigenvalue weighted by Crippen LogP contribution is 2.50. The van der Waals surface area contributed by atoms with Crippen LogP contribution in [0, 0.1) is 5.92 Å². The van der Waals surface area contributed by atoms with Gasteiger partial charge in [-0.05, 0) is 49.4 Å². The first-order valence-corrected chi connectivity index (χ1v) is 9.75. The van der Waals surface area contributed by atoms with E-state index in [1.165, 1.54) is 11.1 Å². The van der Waals surface area contributed by atoms with Crippen LogP contribution >= 0.6 is 0 Å². The Hall–Kier alpha value is -1.88. The van der Waals surface area contributed by atoms with Gasteiger partial charge >= 0.3 is 0 Å². The summed E-state index contributed by atoms with van der Waals surface area (Å²) in [6.45, 7) is 8.88. The average molecular weight is 362 g/mol. The van der Waals surface area contributed by atoms with E-state index in [9.17, 15) is 9.59 Å². The van der Waals surface area contributed by atoms with E-state index in [2.05, 4.69) is 53.6 Å². The fraction of sp³-hybridized carbons (Fsp3) is 0.619. The molecule has 1 aliphatic heterocycles. The monoisotopic (exact) mass is 361 g/mol. The van der Waals surface area contributed by atoms with Gasteiger partial charge in [0.25, 0.3) is 0 Å².